The van der Waals surface area contributed by atoms with Crippen molar-refractivity contribution in [2.45, 2.75) is 232 Å². The molecule has 0 bridgehead atoms. The van der Waals surface area contributed by atoms with Gasteiger partial charge in [-0.1, -0.05) is 227 Å². The van der Waals surface area contributed by atoms with Gasteiger partial charge in [-0.2, -0.15) is 0 Å². The molecule has 6 nitrogen and oxygen atoms in total. The number of unbranched alkanes of at least 4 members (excludes halogenated alkanes) is 19. The Kier molecular flexibility index (Phi) is 48.0. The molecule has 358 valence electrons. The van der Waals surface area contributed by atoms with Crippen molar-refractivity contribution in [2.24, 2.45) is 0 Å². The molecule has 0 amide bonds. The molecule has 6 heteroatoms. The largest absolute Gasteiger partial charge is 0.462 e. The molecule has 1 unspecified atom stereocenters. The second kappa shape index (κ2) is 51.0. The summed E-state index contributed by atoms with van der Waals surface area (Å²) in [4.78, 5) is 37.9. The molecule has 0 aliphatic carbocycles. The third-order valence-corrected chi connectivity index (χ3v) is 10.6. The fourth-order valence-corrected chi connectivity index (χ4v) is 6.82. The highest BCUT2D eigenvalue weighted by atomic mass is 16.6. The molecule has 0 aromatic heterocycles. The first-order chi connectivity index (χ1) is 31.0. The molecule has 0 N–H and O–H groups in total. The van der Waals surface area contributed by atoms with Crippen LogP contribution in [0.25, 0.3) is 0 Å². The molecule has 0 heterocycles. The molecule has 0 aliphatic heterocycles. The monoisotopic (exact) mass is 875 g/mol. The Labute approximate surface area is 387 Å². The van der Waals surface area contributed by atoms with Crippen LogP contribution in [0.5, 0.6) is 0 Å². The van der Waals surface area contributed by atoms with Gasteiger partial charge < -0.3 is 14.2 Å². The first-order valence-corrected chi connectivity index (χ1v) is 25.7. The normalized spacial score (nSPS) is 12.9. The summed E-state index contributed by atoms with van der Waals surface area (Å²) >= 11 is 0. The zero-order valence-electron chi connectivity index (χ0n) is 40.8. The predicted molar refractivity (Wildman–Crippen MR) is 270 cm³/mol. The van der Waals surface area contributed by atoms with Gasteiger partial charge in [0.15, 0.2) is 6.10 Å². The number of esters is 3. The van der Waals surface area contributed by atoms with Crippen molar-refractivity contribution in [1.82, 2.24) is 0 Å². The number of hydrogen-bond donors (Lipinski definition) is 0. The lowest BCUT2D eigenvalue weighted by Crippen LogP contribution is -2.30. The number of hydrogen-bond acceptors (Lipinski definition) is 6. The maximum absolute atomic E-state index is 12.8. The van der Waals surface area contributed by atoms with Gasteiger partial charge in [0, 0.05) is 12.8 Å². The van der Waals surface area contributed by atoms with Crippen LogP contribution in [0.15, 0.2) is 97.2 Å². The van der Waals surface area contributed by atoms with Crippen LogP contribution in [0.3, 0.4) is 0 Å². The molecule has 0 radical (unpaired) electrons. The Morgan fingerprint density at radius 3 is 1.11 bits per heavy atom. The third-order valence-electron chi connectivity index (χ3n) is 10.6. The molecule has 0 saturated carbocycles. The molecule has 0 aromatic rings. The lowest BCUT2D eigenvalue weighted by molar-refractivity contribution is -0.166. The summed E-state index contributed by atoms with van der Waals surface area (Å²) in [6.45, 7) is 6.31. The van der Waals surface area contributed by atoms with E-state index in [-0.39, 0.29) is 38.0 Å². The molecule has 0 spiro atoms. The SMILES string of the molecule is CC/C=C\C/C=C\C/C=C\C/C=C\C/C=C\CC(=O)OCC(COC(=O)CCCCCCCCCCCCCCCCC)OC(=O)CCCCCCC/C=C\C/C=C\C/C=C\CC. The van der Waals surface area contributed by atoms with Crippen molar-refractivity contribution in [3.8, 4) is 0 Å². The van der Waals surface area contributed by atoms with E-state index in [1.807, 2.05) is 6.08 Å². The van der Waals surface area contributed by atoms with E-state index < -0.39 is 12.1 Å². The maximum atomic E-state index is 12.8. The van der Waals surface area contributed by atoms with Crippen LogP contribution < -0.4 is 0 Å². The average Bonchev–Trinajstić information content (AvgIpc) is 3.28. The van der Waals surface area contributed by atoms with Gasteiger partial charge >= 0.3 is 17.9 Å². The molecular formula is C57H94O6. The fraction of sp³-hybridized carbons (Fsp3) is 0.667. The Morgan fingerprint density at radius 1 is 0.349 bits per heavy atom. The first-order valence-electron chi connectivity index (χ1n) is 25.7. The Morgan fingerprint density at radius 2 is 0.683 bits per heavy atom. The van der Waals surface area contributed by atoms with Crippen molar-refractivity contribution in [3.05, 3.63) is 97.2 Å². The van der Waals surface area contributed by atoms with Gasteiger partial charge in [0.25, 0.3) is 0 Å². The van der Waals surface area contributed by atoms with Crippen LogP contribution in [0.2, 0.25) is 0 Å². The summed E-state index contributed by atoms with van der Waals surface area (Å²) in [5.74, 6) is -1.07. The Hall–Kier alpha value is -3.67. The minimum Gasteiger partial charge on any atom is -0.462 e. The topological polar surface area (TPSA) is 78.9 Å². The van der Waals surface area contributed by atoms with Gasteiger partial charge in [-0.3, -0.25) is 14.4 Å². The van der Waals surface area contributed by atoms with E-state index in [0.717, 1.165) is 109 Å². The Bertz CT molecular complexity index is 1280. The number of carbonyl (C=O) groups excluding carboxylic acids is 3. The van der Waals surface area contributed by atoms with Crippen LogP contribution >= 0.6 is 0 Å². The fourth-order valence-electron chi connectivity index (χ4n) is 6.82. The van der Waals surface area contributed by atoms with Crippen molar-refractivity contribution in [3.63, 3.8) is 0 Å². The molecule has 0 rings (SSSR count). The zero-order chi connectivity index (χ0) is 45.8. The predicted octanol–water partition coefficient (Wildman–Crippen LogP) is 17.0. The lowest BCUT2D eigenvalue weighted by atomic mass is 10.0. The van der Waals surface area contributed by atoms with Crippen molar-refractivity contribution in [2.75, 3.05) is 13.2 Å². The van der Waals surface area contributed by atoms with Gasteiger partial charge in [0.05, 0.1) is 6.42 Å². The molecule has 0 fully saturated rings. The van der Waals surface area contributed by atoms with Crippen molar-refractivity contribution in [1.29, 1.82) is 0 Å². The number of ether oxygens (including phenoxy) is 3. The highest BCUT2D eigenvalue weighted by molar-refractivity contribution is 5.72. The third kappa shape index (κ3) is 49.2. The van der Waals surface area contributed by atoms with E-state index in [4.69, 9.17) is 14.2 Å². The van der Waals surface area contributed by atoms with Crippen LogP contribution in [0.1, 0.15) is 226 Å². The summed E-state index contributed by atoms with van der Waals surface area (Å²) in [7, 11) is 0. The molecule has 0 saturated heterocycles. The smallest absolute Gasteiger partial charge is 0.309 e. The first kappa shape index (κ1) is 59.3. The van der Waals surface area contributed by atoms with Gasteiger partial charge in [0.2, 0.25) is 0 Å². The van der Waals surface area contributed by atoms with E-state index in [0.29, 0.717) is 6.42 Å². The van der Waals surface area contributed by atoms with Crippen LogP contribution in [0.4, 0.5) is 0 Å². The maximum Gasteiger partial charge on any atom is 0.309 e. The second-order valence-corrected chi connectivity index (χ2v) is 16.7. The highest BCUT2D eigenvalue weighted by Crippen LogP contribution is 2.15. The number of carbonyl (C=O) groups is 3. The molecule has 63 heavy (non-hydrogen) atoms. The molecule has 1 atom stereocenters. The summed E-state index contributed by atoms with van der Waals surface area (Å²) in [6.07, 6.45) is 67.0. The van der Waals surface area contributed by atoms with Gasteiger partial charge in [0.1, 0.15) is 13.2 Å². The number of rotatable bonds is 45. The molecule has 0 aromatic carbocycles. The zero-order valence-corrected chi connectivity index (χ0v) is 40.8. The van der Waals surface area contributed by atoms with Gasteiger partial charge in [-0.25, -0.2) is 0 Å². The van der Waals surface area contributed by atoms with E-state index in [1.54, 1.807) is 6.08 Å². The quantitative estimate of drug-likeness (QED) is 0.0262. The van der Waals surface area contributed by atoms with Crippen LogP contribution in [0, 0.1) is 0 Å². The van der Waals surface area contributed by atoms with E-state index in [1.165, 1.54) is 77.0 Å². The second-order valence-electron chi connectivity index (χ2n) is 16.7. The lowest BCUT2D eigenvalue weighted by Gasteiger charge is -2.18. The van der Waals surface area contributed by atoms with Crippen LogP contribution in [-0.4, -0.2) is 37.2 Å². The van der Waals surface area contributed by atoms with Crippen molar-refractivity contribution >= 4 is 17.9 Å². The van der Waals surface area contributed by atoms with E-state index in [9.17, 15) is 14.4 Å². The Balaban J connectivity index is 4.53. The van der Waals surface area contributed by atoms with Crippen molar-refractivity contribution < 1.29 is 28.6 Å². The van der Waals surface area contributed by atoms with Gasteiger partial charge in [-0.15, -0.1) is 0 Å². The minimum atomic E-state index is -0.825. The molecular weight excluding hydrogens is 781 g/mol. The standard InChI is InChI=1S/C57H94O6/c1-4-7-10-13-16-19-22-25-28-31-34-37-40-43-46-49-55(58)61-52-54(63-57(60)51-48-45-42-39-36-33-30-27-24-21-18-15-12-9-6-3)53-62-56(59)50-47-44-41-38-35-32-29-26-23-20-17-14-11-8-5-2/h7,9-10,12,16,18-19,21,25,27-28,30,34,37,43,46,54H,4-6,8,11,13-15,17,20,22-24,26,29,31-33,35-36,38-42,44-45,47-53H2,1-3H3/b10-7-,12-9-,19-16-,21-18-,28-25-,30-27-,37-34-,46-43-. The van der Waals surface area contributed by atoms with Crippen LogP contribution in [-0.2, 0) is 28.6 Å². The van der Waals surface area contributed by atoms with E-state index >= 15 is 0 Å². The van der Waals surface area contributed by atoms with Gasteiger partial charge in [-0.05, 0) is 77.0 Å². The van der Waals surface area contributed by atoms with E-state index in [2.05, 4.69) is 106 Å². The number of allylic oxidation sites excluding steroid dienone is 15. The summed E-state index contributed by atoms with van der Waals surface area (Å²) in [5.41, 5.74) is 0. The summed E-state index contributed by atoms with van der Waals surface area (Å²) < 4.78 is 16.7. The average molecular weight is 875 g/mol. The molecule has 0 aliphatic rings. The minimum absolute atomic E-state index is 0.114. The summed E-state index contributed by atoms with van der Waals surface area (Å²) in [6, 6.07) is 0. The highest BCUT2D eigenvalue weighted by Gasteiger charge is 2.19. The summed E-state index contributed by atoms with van der Waals surface area (Å²) in [5, 5.41) is 0.